The molecule has 1 aliphatic rings. The Hall–Kier alpha value is -2.17. The number of hydrogen-bond donors (Lipinski definition) is 1. The molecule has 2 aromatic carbocycles. The molecule has 0 aliphatic carbocycles. The van der Waals surface area contributed by atoms with Gasteiger partial charge < -0.3 is 10.6 Å². The Balaban J connectivity index is 1.73. The lowest BCUT2D eigenvalue weighted by Gasteiger charge is -2.40. The van der Waals surface area contributed by atoms with Crippen LogP contribution in [-0.2, 0) is 4.79 Å². The summed E-state index contributed by atoms with van der Waals surface area (Å²) in [5.74, 6) is 0.0995. The van der Waals surface area contributed by atoms with Crippen molar-refractivity contribution in [3.63, 3.8) is 0 Å². The van der Waals surface area contributed by atoms with Gasteiger partial charge in [0.05, 0.1) is 12.1 Å². The summed E-state index contributed by atoms with van der Waals surface area (Å²) < 4.78 is 0. The van der Waals surface area contributed by atoms with Crippen LogP contribution in [-0.4, -0.2) is 47.9 Å². The Morgan fingerprint density at radius 1 is 0.923 bits per heavy atom. The quantitative estimate of drug-likeness (QED) is 0.870. The highest BCUT2D eigenvalue weighted by Gasteiger charge is 2.29. The van der Waals surface area contributed by atoms with Crippen molar-refractivity contribution in [2.24, 2.45) is 5.73 Å². The molecule has 2 aromatic rings. The molecule has 1 aliphatic heterocycles. The van der Waals surface area contributed by atoms with Crippen LogP contribution in [0.3, 0.4) is 0 Å². The molecule has 3 rings (SSSR count). The zero-order valence-electron chi connectivity index (χ0n) is 15.6. The molecular weight excluding hydrogens is 322 g/mol. The van der Waals surface area contributed by atoms with Crippen molar-refractivity contribution in [1.29, 1.82) is 0 Å². The van der Waals surface area contributed by atoms with Crippen molar-refractivity contribution in [1.82, 2.24) is 9.80 Å². The smallest absolute Gasteiger partial charge is 0.239 e. The SMILES string of the molecule is CCCC(N)C(=O)N1CCN(C(c2ccccc2)c2ccccc2)CC1. The molecule has 4 nitrogen and oxygen atoms in total. The summed E-state index contributed by atoms with van der Waals surface area (Å²) in [4.78, 5) is 16.9. The topological polar surface area (TPSA) is 49.6 Å². The minimum atomic E-state index is -0.356. The summed E-state index contributed by atoms with van der Waals surface area (Å²) in [6.45, 7) is 5.27. The maximum atomic E-state index is 12.5. The van der Waals surface area contributed by atoms with E-state index in [-0.39, 0.29) is 18.0 Å². The molecule has 1 unspecified atom stereocenters. The first-order chi connectivity index (χ1) is 12.7. The largest absolute Gasteiger partial charge is 0.339 e. The number of piperazine rings is 1. The van der Waals surface area contributed by atoms with Crippen LogP contribution in [0.15, 0.2) is 60.7 Å². The predicted octanol–water partition coefficient (Wildman–Crippen LogP) is 3.05. The molecule has 138 valence electrons. The van der Waals surface area contributed by atoms with E-state index in [1.807, 2.05) is 4.90 Å². The molecule has 1 fully saturated rings. The molecule has 1 saturated heterocycles. The van der Waals surface area contributed by atoms with Gasteiger partial charge in [0.2, 0.25) is 5.91 Å². The first kappa shape index (κ1) is 18.6. The third-order valence-electron chi connectivity index (χ3n) is 5.14. The van der Waals surface area contributed by atoms with Gasteiger partial charge in [-0.05, 0) is 17.5 Å². The van der Waals surface area contributed by atoms with E-state index in [1.54, 1.807) is 0 Å². The lowest BCUT2D eigenvalue weighted by molar-refractivity contribution is -0.134. The number of carbonyl (C=O) groups excluding carboxylic acids is 1. The Labute approximate surface area is 156 Å². The molecule has 1 amide bonds. The second kappa shape index (κ2) is 8.97. The minimum Gasteiger partial charge on any atom is -0.339 e. The van der Waals surface area contributed by atoms with Gasteiger partial charge >= 0.3 is 0 Å². The van der Waals surface area contributed by atoms with E-state index in [2.05, 4.69) is 72.5 Å². The number of hydrogen-bond acceptors (Lipinski definition) is 3. The summed E-state index contributed by atoms with van der Waals surface area (Å²) in [6.07, 6.45) is 1.70. The van der Waals surface area contributed by atoms with Gasteiger partial charge in [0.25, 0.3) is 0 Å². The summed E-state index contributed by atoms with van der Waals surface area (Å²) in [7, 11) is 0. The maximum absolute atomic E-state index is 12.5. The molecule has 0 aromatic heterocycles. The lowest BCUT2D eigenvalue weighted by atomic mass is 9.96. The number of rotatable bonds is 6. The van der Waals surface area contributed by atoms with Crippen LogP contribution in [0.2, 0.25) is 0 Å². The van der Waals surface area contributed by atoms with Gasteiger partial charge in [0.15, 0.2) is 0 Å². The van der Waals surface area contributed by atoms with Gasteiger partial charge in [-0.2, -0.15) is 0 Å². The van der Waals surface area contributed by atoms with E-state index in [0.717, 1.165) is 39.0 Å². The van der Waals surface area contributed by atoms with Gasteiger partial charge in [-0.1, -0.05) is 74.0 Å². The fourth-order valence-electron chi connectivity index (χ4n) is 3.75. The van der Waals surface area contributed by atoms with Crippen molar-refractivity contribution >= 4 is 5.91 Å². The first-order valence-electron chi connectivity index (χ1n) is 9.59. The van der Waals surface area contributed by atoms with E-state index in [0.29, 0.717) is 0 Å². The molecule has 1 heterocycles. The van der Waals surface area contributed by atoms with Crippen molar-refractivity contribution in [3.05, 3.63) is 71.8 Å². The minimum absolute atomic E-state index is 0.0995. The van der Waals surface area contributed by atoms with Crippen LogP contribution in [0.1, 0.15) is 36.9 Å². The van der Waals surface area contributed by atoms with E-state index in [1.165, 1.54) is 11.1 Å². The van der Waals surface area contributed by atoms with Crippen molar-refractivity contribution < 1.29 is 4.79 Å². The van der Waals surface area contributed by atoms with Gasteiger partial charge in [0.1, 0.15) is 0 Å². The summed E-state index contributed by atoms with van der Waals surface area (Å²) in [5.41, 5.74) is 8.62. The molecule has 2 N–H and O–H groups in total. The monoisotopic (exact) mass is 351 g/mol. The Morgan fingerprint density at radius 2 is 1.42 bits per heavy atom. The molecule has 0 saturated carbocycles. The molecule has 0 spiro atoms. The number of carbonyl (C=O) groups is 1. The van der Waals surface area contributed by atoms with Crippen LogP contribution in [0.5, 0.6) is 0 Å². The van der Waals surface area contributed by atoms with Gasteiger partial charge in [0, 0.05) is 26.2 Å². The number of nitrogens with zero attached hydrogens (tertiary/aromatic N) is 2. The fraction of sp³-hybridized carbons (Fsp3) is 0.409. The highest BCUT2D eigenvalue weighted by atomic mass is 16.2. The van der Waals surface area contributed by atoms with Crippen molar-refractivity contribution in [3.8, 4) is 0 Å². The Morgan fingerprint density at radius 3 is 1.88 bits per heavy atom. The maximum Gasteiger partial charge on any atom is 0.239 e. The predicted molar refractivity (Wildman–Crippen MR) is 106 cm³/mol. The lowest BCUT2D eigenvalue weighted by Crippen LogP contribution is -2.53. The molecule has 26 heavy (non-hydrogen) atoms. The average Bonchev–Trinajstić information content (AvgIpc) is 2.70. The van der Waals surface area contributed by atoms with Crippen molar-refractivity contribution in [2.75, 3.05) is 26.2 Å². The molecule has 0 radical (unpaired) electrons. The fourth-order valence-corrected chi connectivity index (χ4v) is 3.75. The highest BCUT2D eigenvalue weighted by Crippen LogP contribution is 2.29. The van der Waals surface area contributed by atoms with Crippen LogP contribution < -0.4 is 5.73 Å². The van der Waals surface area contributed by atoms with Crippen LogP contribution in [0, 0.1) is 0 Å². The third kappa shape index (κ3) is 4.32. The zero-order valence-corrected chi connectivity index (χ0v) is 15.6. The summed E-state index contributed by atoms with van der Waals surface area (Å²) >= 11 is 0. The van der Waals surface area contributed by atoms with Gasteiger partial charge in [-0.25, -0.2) is 0 Å². The normalized spacial score (nSPS) is 16.7. The van der Waals surface area contributed by atoms with E-state index < -0.39 is 0 Å². The number of amides is 1. The van der Waals surface area contributed by atoms with Crippen molar-refractivity contribution in [2.45, 2.75) is 31.8 Å². The highest BCUT2D eigenvalue weighted by molar-refractivity contribution is 5.81. The second-order valence-corrected chi connectivity index (χ2v) is 6.98. The second-order valence-electron chi connectivity index (χ2n) is 6.98. The van der Waals surface area contributed by atoms with Gasteiger partial charge in [-0.3, -0.25) is 9.69 Å². The van der Waals surface area contributed by atoms with E-state index in [9.17, 15) is 4.79 Å². The zero-order chi connectivity index (χ0) is 18.4. The summed E-state index contributed by atoms with van der Waals surface area (Å²) in [5, 5.41) is 0. The van der Waals surface area contributed by atoms with Crippen LogP contribution in [0.4, 0.5) is 0 Å². The number of benzene rings is 2. The van der Waals surface area contributed by atoms with E-state index >= 15 is 0 Å². The molecule has 1 atom stereocenters. The molecule has 0 bridgehead atoms. The molecular formula is C22H29N3O. The Kier molecular flexibility index (Phi) is 6.42. The third-order valence-corrected chi connectivity index (χ3v) is 5.14. The Bertz CT molecular complexity index is 642. The van der Waals surface area contributed by atoms with Crippen LogP contribution >= 0.6 is 0 Å². The average molecular weight is 351 g/mol. The molecule has 4 heteroatoms. The summed E-state index contributed by atoms with van der Waals surface area (Å²) in [6, 6.07) is 21.1. The standard InChI is InChI=1S/C22H29N3O/c1-2-9-20(23)22(26)25-16-14-24(15-17-25)21(18-10-5-3-6-11-18)19-12-7-4-8-13-19/h3-8,10-13,20-21H,2,9,14-17,23H2,1H3. The first-order valence-corrected chi connectivity index (χ1v) is 9.59. The van der Waals surface area contributed by atoms with Crippen LogP contribution in [0.25, 0.3) is 0 Å². The number of nitrogens with two attached hydrogens (primary N) is 1. The van der Waals surface area contributed by atoms with E-state index in [4.69, 9.17) is 5.73 Å². The van der Waals surface area contributed by atoms with Gasteiger partial charge in [-0.15, -0.1) is 0 Å².